The maximum atomic E-state index is 12.2. The number of sulfonamides is 1. The van der Waals surface area contributed by atoms with Crippen LogP contribution in [0.4, 0.5) is 0 Å². The number of rotatable bonds is 5. The molecule has 0 aromatic carbocycles. The summed E-state index contributed by atoms with van der Waals surface area (Å²) in [4.78, 5) is 14.6. The lowest BCUT2D eigenvalue weighted by atomic mass is 10.0. The lowest BCUT2D eigenvalue weighted by molar-refractivity contribution is -0.124. The molecular weight excluding hydrogens is 290 g/mol. The van der Waals surface area contributed by atoms with Crippen LogP contribution in [0.5, 0.6) is 0 Å². The summed E-state index contributed by atoms with van der Waals surface area (Å²) in [5, 5.41) is 2.91. The number of nitrogens with one attached hydrogen (secondary N) is 1. The number of hydrogen-bond donors (Lipinski definition) is 1. The average molecular weight is 317 g/mol. The Morgan fingerprint density at radius 1 is 1.19 bits per heavy atom. The number of carbonyl (C=O) groups excluding carboxylic acids is 1. The monoisotopic (exact) mass is 317 g/mol. The van der Waals surface area contributed by atoms with E-state index in [1.54, 1.807) is 0 Å². The molecule has 1 N–H and O–H groups in total. The molecule has 2 aliphatic rings. The van der Waals surface area contributed by atoms with Crippen LogP contribution in [0.3, 0.4) is 0 Å². The van der Waals surface area contributed by atoms with Crippen molar-refractivity contribution in [2.75, 3.05) is 32.4 Å². The fraction of sp³-hybridized carbons (Fsp3) is 0.929. The van der Waals surface area contributed by atoms with Crippen LogP contribution in [0, 0.1) is 0 Å². The Hall–Kier alpha value is -0.660. The van der Waals surface area contributed by atoms with E-state index >= 15 is 0 Å². The summed E-state index contributed by atoms with van der Waals surface area (Å²) >= 11 is 0. The maximum Gasteiger partial charge on any atom is 0.238 e. The fourth-order valence-corrected chi connectivity index (χ4v) is 4.45. The zero-order valence-corrected chi connectivity index (χ0v) is 13.9. The molecule has 0 saturated carbocycles. The topological polar surface area (TPSA) is 69.7 Å². The summed E-state index contributed by atoms with van der Waals surface area (Å²) < 4.78 is 24.6. The van der Waals surface area contributed by atoms with Gasteiger partial charge in [0.05, 0.1) is 6.26 Å². The summed E-state index contributed by atoms with van der Waals surface area (Å²) in [7, 11) is -3.29. The second-order valence-corrected chi connectivity index (χ2v) is 8.14. The number of nitrogens with zero attached hydrogens (tertiary/aromatic N) is 2. The van der Waals surface area contributed by atoms with E-state index in [4.69, 9.17) is 0 Å². The van der Waals surface area contributed by atoms with Crippen molar-refractivity contribution in [2.24, 2.45) is 0 Å². The Labute approximate surface area is 127 Å². The van der Waals surface area contributed by atoms with Gasteiger partial charge in [0.2, 0.25) is 15.9 Å². The molecule has 0 aliphatic carbocycles. The Balaban J connectivity index is 1.79. The van der Waals surface area contributed by atoms with Crippen LogP contribution in [-0.4, -0.2) is 68.0 Å². The number of amides is 1. The van der Waals surface area contributed by atoms with Crippen LogP contribution in [0.15, 0.2) is 0 Å². The van der Waals surface area contributed by atoms with Crippen molar-refractivity contribution in [1.82, 2.24) is 14.5 Å². The third-order valence-corrected chi connectivity index (χ3v) is 5.86. The highest BCUT2D eigenvalue weighted by molar-refractivity contribution is 7.88. The summed E-state index contributed by atoms with van der Waals surface area (Å²) in [6.45, 7) is 5.22. The second kappa shape index (κ2) is 7.07. The van der Waals surface area contributed by atoms with Crippen molar-refractivity contribution in [3.63, 3.8) is 0 Å². The molecule has 122 valence electrons. The summed E-state index contributed by atoms with van der Waals surface area (Å²) in [6, 6.07) is 0.0634. The highest BCUT2D eigenvalue weighted by Crippen LogP contribution is 2.20. The molecule has 2 rings (SSSR count). The van der Waals surface area contributed by atoms with Gasteiger partial charge in [-0.3, -0.25) is 9.69 Å². The first-order chi connectivity index (χ1) is 9.89. The first-order valence-corrected chi connectivity index (χ1v) is 9.73. The molecule has 0 radical (unpaired) electrons. The molecule has 21 heavy (non-hydrogen) atoms. The van der Waals surface area contributed by atoms with E-state index < -0.39 is 16.1 Å². The minimum absolute atomic E-state index is 0.150. The molecular formula is C14H27N3O3S. The van der Waals surface area contributed by atoms with E-state index in [1.165, 1.54) is 29.8 Å². The number of hydrogen-bond acceptors (Lipinski definition) is 4. The van der Waals surface area contributed by atoms with Crippen LogP contribution >= 0.6 is 0 Å². The molecule has 2 saturated heterocycles. The number of carbonyl (C=O) groups is 1. The number of likely N-dealkylation sites (tertiary alicyclic amines) is 1. The lowest BCUT2D eigenvalue weighted by Gasteiger charge is -2.33. The zero-order valence-electron chi connectivity index (χ0n) is 13.0. The van der Waals surface area contributed by atoms with Gasteiger partial charge in [-0.2, -0.15) is 4.31 Å². The Bertz CT molecular complexity index is 466. The molecule has 0 spiro atoms. The quantitative estimate of drug-likeness (QED) is 0.797. The van der Waals surface area contributed by atoms with Crippen molar-refractivity contribution in [1.29, 1.82) is 0 Å². The van der Waals surface area contributed by atoms with Crippen LogP contribution < -0.4 is 5.32 Å². The van der Waals surface area contributed by atoms with Gasteiger partial charge in [0, 0.05) is 25.7 Å². The first-order valence-electron chi connectivity index (χ1n) is 7.88. The van der Waals surface area contributed by atoms with Gasteiger partial charge in [0.15, 0.2) is 0 Å². The van der Waals surface area contributed by atoms with E-state index in [1.807, 2.05) is 0 Å². The van der Waals surface area contributed by atoms with Crippen molar-refractivity contribution < 1.29 is 13.2 Å². The second-order valence-electron chi connectivity index (χ2n) is 6.20. The minimum atomic E-state index is -3.29. The molecule has 1 amide bonds. The predicted molar refractivity (Wildman–Crippen MR) is 82.5 cm³/mol. The molecule has 2 aliphatic heterocycles. The van der Waals surface area contributed by atoms with Crippen molar-refractivity contribution in [2.45, 2.75) is 51.1 Å². The first kappa shape index (κ1) is 16.7. The molecule has 2 atom stereocenters. The minimum Gasteiger partial charge on any atom is -0.353 e. The smallest absolute Gasteiger partial charge is 0.238 e. The fourth-order valence-electron chi connectivity index (χ4n) is 3.33. The Morgan fingerprint density at radius 3 is 2.62 bits per heavy atom. The highest BCUT2D eigenvalue weighted by atomic mass is 32.2. The third kappa shape index (κ3) is 4.40. The zero-order chi connectivity index (χ0) is 15.5. The Morgan fingerprint density at radius 2 is 1.95 bits per heavy atom. The van der Waals surface area contributed by atoms with E-state index in [0.29, 0.717) is 25.6 Å². The van der Waals surface area contributed by atoms with Crippen molar-refractivity contribution in [3.8, 4) is 0 Å². The molecule has 0 aromatic heterocycles. The van der Waals surface area contributed by atoms with Crippen molar-refractivity contribution in [3.05, 3.63) is 0 Å². The van der Waals surface area contributed by atoms with Gasteiger partial charge in [-0.1, -0.05) is 6.42 Å². The van der Waals surface area contributed by atoms with Crippen LogP contribution in [0.2, 0.25) is 0 Å². The van der Waals surface area contributed by atoms with Crippen LogP contribution in [-0.2, 0) is 14.8 Å². The third-order valence-electron chi connectivity index (χ3n) is 4.57. The summed E-state index contributed by atoms with van der Waals surface area (Å²) in [6.07, 6.45) is 6.29. The molecule has 2 fully saturated rings. The molecule has 2 heterocycles. The van der Waals surface area contributed by atoms with E-state index in [-0.39, 0.29) is 5.91 Å². The van der Waals surface area contributed by atoms with E-state index in [0.717, 1.165) is 19.5 Å². The predicted octanol–water partition coefficient (Wildman–Crippen LogP) is 0.401. The SMILES string of the molecule is C[C@H]1CCCCN1CCNC(=O)[C@@H]1CCCN1S(C)(=O)=O. The largest absolute Gasteiger partial charge is 0.353 e. The van der Waals surface area contributed by atoms with Gasteiger partial charge < -0.3 is 5.32 Å². The standard InChI is InChI=1S/C14H27N3O3S/c1-12-6-3-4-9-16(12)11-8-15-14(18)13-7-5-10-17(13)21(2,19)20/h12-13H,3-11H2,1-2H3,(H,15,18)/t12-,13-/m0/s1. The van der Waals surface area contributed by atoms with E-state index in [9.17, 15) is 13.2 Å². The lowest BCUT2D eigenvalue weighted by Crippen LogP contribution is -2.48. The Kier molecular flexibility index (Phi) is 5.62. The highest BCUT2D eigenvalue weighted by Gasteiger charge is 2.36. The van der Waals surface area contributed by atoms with Gasteiger partial charge in [0.1, 0.15) is 6.04 Å². The van der Waals surface area contributed by atoms with Crippen LogP contribution in [0.25, 0.3) is 0 Å². The molecule has 0 aromatic rings. The van der Waals surface area contributed by atoms with Crippen LogP contribution in [0.1, 0.15) is 39.0 Å². The molecule has 0 unspecified atom stereocenters. The van der Waals surface area contributed by atoms with Gasteiger partial charge in [-0.25, -0.2) is 8.42 Å². The summed E-state index contributed by atoms with van der Waals surface area (Å²) in [5.41, 5.74) is 0. The van der Waals surface area contributed by atoms with E-state index in [2.05, 4.69) is 17.1 Å². The van der Waals surface area contributed by atoms with Gasteiger partial charge in [-0.15, -0.1) is 0 Å². The summed E-state index contributed by atoms with van der Waals surface area (Å²) in [5.74, 6) is -0.150. The molecule has 7 heteroatoms. The molecule has 6 nitrogen and oxygen atoms in total. The normalized spacial score (nSPS) is 28.7. The van der Waals surface area contributed by atoms with Gasteiger partial charge in [0.25, 0.3) is 0 Å². The van der Waals surface area contributed by atoms with Gasteiger partial charge >= 0.3 is 0 Å². The number of piperidine rings is 1. The average Bonchev–Trinajstić information content (AvgIpc) is 2.90. The molecule has 0 bridgehead atoms. The van der Waals surface area contributed by atoms with Crippen molar-refractivity contribution >= 4 is 15.9 Å². The maximum absolute atomic E-state index is 12.2. The van der Waals surface area contributed by atoms with Gasteiger partial charge in [-0.05, 0) is 39.2 Å².